The van der Waals surface area contributed by atoms with Crippen LogP contribution in [0.15, 0.2) is 12.2 Å². The Hall–Kier alpha value is -0.300. The number of likely N-dealkylation sites (N-methyl/N-ethyl adjacent to an activating group) is 1. The summed E-state index contributed by atoms with van der Waals surface area (Å²) < 4.78 is 1.20. The van der Waals surface area contributed by atoms with Gasteiger partial charge in [-0.2, -0.15) is 0 Å². The summed E-state index contributed by atoms with van der Waals surface area (Å²) in [7, 11) is 2.39. The lowest BCUT2D eigenvalue weighted by molar-refractivity contribution is -0.902. The Morgan fingerprint density at radius 3 is 2.31 bits per heavy atom. The summed E-state index contributed by atoms with van der Waals surface area (Å²) in [6.07, 6.45) is 9.89. The molecule has 96 valence electrons. The second-order valence-corrected chi connectivity index (χ2v) is 5.40. The molecule has 0 aliphatic carbocycles. The van der Waals surface area contributed by atoms with Crippen LogP contribution in [0.3, 0.4) is 0 Å². The molecule has 0 aliphatic heterocycles. The monoisotopic (exact) mass is 226 g/mol. The van der Waals surface area contributed by atoms with Crippen molar-refractivity contribution in [1.82, 2.24) is 0 Å². The molecule has 0 aliphatic rings. The zero-order valence-corrected chi connectivity index (χ0v) is 12.1. The van der Waals surface area contributed by atoms with Gasteiger partial charge in [-0.1, -0.05) is 39.7 Å². The molecular formula is C15H32N+. The zero-order valence-electron chi connectivity index (χ0n) is 12.1. The van der Waals surface area contributed by atoms with Gasteiger partial charge >= 0.3 is 0 Å². The standard InChI is InChI=1S/C15H32N/c1-6-9-10-11-13-16(5,8-3)14-12-15(4)7-2/h10-11,15H,6-9,12-14H2,1-5H3/q+1/b11-10+. The molecule has 2 unspecified atom stereocenters. The van der Waals surface area contributed by atoms with Crippen molar-refractivity contribution >= 4 is 0 Å². The molecule has 0 amide bonds. The van der Waals surface area contributed by atoms with Crippen LogP contribution < -0.4 is 0 Å². The molecule has 0 N–H and O–H groups in total. The Labute approximate surface area is 103 Å². The third-order valence-electron chi connectivity index (χ3n) is 3.79. The van der Waals surface area contributed by atoms with Crippen molar-refractivity contribution in [3.05, 3.63) is 12.2 Å². The van der Waals surface area contributed by atoms with E-state index in [1.54, 1.807) is 0 Å². The molecule has 0 rings (SSSR count). The van der Waals surface area contributed by atoms with E-state index in [1.807, 2.05) is 0 Å². The van der Waals surface area contributed by atoms with Crippen molar-refractivity contribution in [3.63, 3.8) is 0 Å². The SMILES string of the molecule is CCC/C=C/C[N+](C)(CC)CCC(C)CC. The number of allylic oxidation sites excluding steroid dienone is 1. The first kappa shape index (κ1) is 15.7. The maximum absolute atomic E-state index is 2.39. The van der Waals surface area contributed by atoms with Gasteiger partial charge in [-0.15, -0.1) is 0 Å². The Morgan fingerprint density at radius 1 is 1.12 bits per heavy atom. The summed E-state index contributed by atoms with van der Waals surface area (Å²) in [5.74, 6) is 0.878. The maximum Gasteiger partial charge on any atom is 0.0971 e. The van der Waals surface area contributed by atoms with Crippen molar-refractivity contribution < 1.29 is 4.48 Å². The summed E-state index contributed by atoms with van der Waals surface area (Å²) in [6.45, 7) is 13.0. The lowest BCUT2D eigenvalue weighted by Gasteiger charge is -2.33. The minimum absolute atomic E-state index is 0.878. The number of quaternary nitrogens is 1. The summed E-state index contributed by atoms with van der Waals surface area (Å²) in [6, 6.07) is 0. The number of nitrogens with zero attached hydrogens (tertiary/aromatic N) is 1. The minimum Gasteiger partial charge on any atom is -0.323 e. The molecule has 0 bridgehead atoms. The Balaban J connectivity index is 3.99. The second kappa shape index (κ2) is 8.81. The van der Waals surface area contributed by atoms with Crippen LogP contribution in [-0.2, 0) is 0 Å². The minimum atomic E-state index is 0.878. The van der Waals surface area contributed by atoms with Gasteiger partial charge in [-0.3, -0.25) is 0 Å². The normalized spacial score (nSPS) is 17.6. The van der Waals surface area contributed by atoms with Gasteiger partial charge in [-0.05, 0) is 31.8 Å². The van der Waals surface area contributed by atoms with Crippen LogP contribution in [0.1, 0.15) is 53.4 Å². The average molecular weight is 226 g/mol. The summed E-state index contributed by atoms with van der Waals surface area (Å²) in [5, 5.41) is 0. The quantitative estimate of drug-likeness (QED) is 0.407. The number of hydrogen-bond donors (Lipinski definition) is 0. The van der Waals surface area contributed by atoms with Crippen molar-refractivity contribution in [1.29, 1.82) is 0 Å². The predicted octanol–water partition coefficient (Wildman–Crippen LogP) is 4.25. The van der Waals surface area contributed by atoms with Crippen molar-refractivity contribution in [3.8, 4) is 0 Å². The molecule has 0 saturated heterocycles. The van der Waals surface area contributed by atoms with Crippen LogP contribution in [0.4, 0.5) is 0 Å². The van der Waals surface area contributed by atoms with Crippen LogP contribution >= 0.6 is 0 Å². The lowest BCUT2D eigenvalue weighted by Crippen LogP contribution is -2.45. The number of rotatable bonds is 9. The maximum atomic E-state index is 2.39. The highest BCUT2D eigenvalue weighted by molar-refractivity contribution is 4.81. The molecule has 0 saturated carbocycles. The molecule has 0 radical (unpaired) electrons. The molecule has 0 fully saturated rings. The molecule has 0 spiro atoms. The van der Waals surface area contributed by atoms with Gasteiger partial charge in [0.1, 0.15) is 0 Å². The van der Waals surface area contributed by atoms with E-state index in [-0.39, 0.29) is 0 Å². The van der Waals surface area contributed by atoms with Crippen molar-refractivity contribution in [2.24, 2.45) is 5.92 Å². The van der Waals surface area contributed by atoms with E-state index in [0.717, 1.165) is 5.92 Å². The van der Waals surface area contributed by atoms with Gasteiger partial charge in [0.05, 0.1) is 26.7 Å². The summed E-state index contributed by atoms with van der Waals surface area (Å²) in [4.78, 5) is 0. The van der Waals surface area contributed by atoms with E-state index in [9.17, 15) is 0 Å². The Bertz CT molecular complexity index is 186. The third kappa shape index (κ3) is 7.05. The smallest absolute Gasteiger partial charge is 0.0971 e. The Morgan fingerprint density at radius 2 is 1.81 bits per heavy atom. The van der Waals surface area contributed by atoms with Gasteiger partial charge in [0.25, 0.3) is 0 Å². The summed E-state index contributed by atoms with van der Waals surface area (Å²) >= 11 is 0. The van der Waals surface area contributed by atoms with Crippen LogP contribution in [0.25, 0.3) is 0 Å². The van der Waals surface area contributed by atoms with Crippen LogP contribution in [0.2, 0.25) is 0 Å². The van der Waals surface area contributed by atoms with E-state index in [4.69, 9.17) is 0 Å². The highest BCUT2D eigenvalue weighted by Crippen LogP contribution is 2.12. The Kier molecular flexibility index (Phi) is 8.64. The largest absolute Gasteiger partial charge is 0.323 e. The first-order chi connectivity index (χ1) is 7.58. The third-order valence-corrected chi connectivity index (χ3v) is 3.79. The van der Waals surface area contributed by atoms with Crippen LogP contribution in [0, 0.1) is 5.92 Å². The molecule has 0 aromatic heterocycles. The van der Waals surface area contributed by atoms with Crippen LogP contribution in [-0.4, -0.2) is 31.2 Å². The lowest BCUT2D eigenvalue weighted by atomic mass is 10.0. The molecule has 0 aromatic rings. The molecule has 0 aromatic carbocycles. The van der Waals surface area contributed by atoms with E-state index < -0.39 is 0 Å². The van der Waals surface area contributed by atoms with E-state index in [2.05, 4.69) is 46.9 Å². The molecule has 16 heavy (non-hydrogen) atoms. The first-order valence-corrected chi connectivity index (χ1v) is 7.06. The predicted molar refractivity (Wildman–Crippen MR) is 74.6 cm³/mol. The molecule has 2 atom stereocenters. The highest BCUT2D eigenvalue weighted by atomic mass is 15.3. The number of hydrogen-bond acceptors (Lipinski definition) is 0. The molecular weight excluding hydrogens is 194 g/mol. The zero-order chi connectivity index (χ0) is 12.4. The van der Waals surface area contributed by atoms with E-state index in [1.165, 1.54) is 49.8 Å². The summed E-state index contributed by atoms with van der Waals surface area (Å²) in [5.41, 5.74) is 0. The fraction of sp³-hybridized carbons (Fsp3) is 0.867. The van der Waals surface area contributed by atoms with Gasteiger partial charge in [0.2, 0.25) is 0 Å². The number of unbranched alkanes of at least 4 members (excludes halogenated alkanes) is 1. The van der Waals surface area contributed by atoms with Crippen molar-refractivity contribution in [2.75, 3.05) is 26.7 Å². The first-order valence-electron chi connectivity index (χ1n) is 7.06. The molecule has 1 heteroatoms. The van der Waals surface area contributed by atoms with Gasteiger partial charge in [0.15, 0.2) is 0 Å². The van der Waals surface area contributed by atoms with Gasteiger partial charge in [0, 0.05) is 0 Å². The topological polar surface area (TPSA) is 0 Å². The average Bonchev–Trinajstić information content (AvgIpc) is 2.31. The van der Waals surface area contributed by atoms with Crippen LogP contribution in [0.5, 0.6) is 0 Å². The molecule has 1 nitrogen and oxygen atoms in total. The fourth-order valence-corrected chi connectivity index (χ4v) is 1.73. The second-order valence-electron chi connectivity index (χ2n) is 5.40. The molecule has 0 heterocycles. The van der Waals surface area contributed by atoms with E-state index >= 15 is 0 Å². The van der Waals surface area contributed by atoms with Gasteiger partial charge < -0.3 is 4.48 Å². The fourth-order valence-electron chi connectivity index (χ4n) is 1.73. The van der Waals surface area contributed by atoms with Gasteiger partial charge in [-0.25, -0.2) is 0 Å². The van der Waals surface area contributed by atoms with Crippen molar-refractivity contribution in [2.45, 2.75) is 53.4 Å². The highest BCUT2D eigenvalue weighted by Gasteiger charge is 2.17. The van der Waals surface area contributed by atoms with E-state index in [0.29, 0.717) is 0 Å².